The first kappa shape index (κ1) is 19.0. The second kappa shape index (κ2) is 7.85. The molecule has 0 fully saturated rings. The van der Waals surface area contributed by atoms with Crippen LogP contribution in [-0.4, -0.2) is 39.6 Å². The Kier molecular flexibility index (Phi) is 5.52. The van der Waals surface area contributed by atoms with Crippen molar-refractivity contribution in [1.82, 2.24) is 9.55 Å². The maximum atomic E-state index is 12.1. The standard InChI is InChI=1S/C18H23N5O4/c1-4-11(8-24)27-15(5-2)23-7-12-13(21-10(3)25)6-14(26)22-17-16(12)18(23)20-9-19-17/h6-7,9,11,15,24H,4-5,8H2,1-3H3,(H,21,25)(H,19,20,22,26). The highest BCUT2D eigenvalue weighted by Gasteiger charge is 2.24. The number of carbonyl (C=O) groups is 1. The summed E-state index contributed by atoms with van der Waals surface area (Å²) in [7, 11) is 0. The third-order valence-corrected chi connectivity index (χ3v) is 4.39. The first-order chi connectivity index (χ1) is 13.0. The highest BCUT2D eigenvalue weighted by atomic mass is 16.5. The zero-order valence-electron chi connectivity index (χ0n) is 15.5. The van der Waals surface area contributed by atoms with Gasteiger partial charge in [0.25, 0.3) is 5.56 Å². The molecule has 2 atom stereocenters. The monoisotopic (exact) mass is 373 g/mol. The first-order valence-corrected chi connectivity index (χ1v) is 8.91. The predicted molar refractivity (Wildman–Crippen MR) is 104 cm³/mol. The van der Waals surface area contributed by atoms with Crippen LogP contribution in [0.25, 0.3) is 10.8 Å². The molecule has 0 aliphatic carbocycles. The SMILES string of the molecule is CCC(CO)OC(CC)n1cc2c(NC(C)=O)cc(=O)nc3c2c1N=CN3. The number of aromatic nitrogens is 2. The molecule has 144 valence electrons. The molecule has 0 saturated carbocycles. The van der Waals surface area contributed by atoms with Crippen molar-refractivity contribution in [3.05, 3.63) is 22.6 Å². The number of hydrogen-bond acceptors (Lipinski definition) is 7. The van der Waals surface area contributed by atoms with Crippen molar-refractivity contribution >= 4 is 40.3 Å². The van der Waals surface area contributed by atoms with Gasteiger partial charge in [-0.1, -0.05) is 13.8 Å². The molecule has 0 saturated heterocycles. The average molecular weight is 373 g/mol. The van der Waals surface area contributed by atoms with Gasteiger partial charge in [0.2, 0.25) is 5.91 Å². The number of amides is 1. The van der Waals surface area contributed by atoms with E-state index in [0.29, 0.717) is 40.9 Å². The van der Waals surface area contributed by atoms with Crippen LogP contribution in [0.15, 0.2) is 22.1 Å². The molecule has 0 radical (unpaired) electrons. The highest BCUT2D eigenvalue weighted by molar-refractivity contribution is 6.12. The normalized spacial score (nSPS) is 14.7. The van der Waals surface area contributed by atoms with Crippen LogP contribution in [0, 0.1) is 0 Å². The van der Waals surface area contributed by atoms with Crippen molar-refractivity contribution in [3.8, 4) is 0 Å². The number of aliphatic imine (C=N–C) groups is 1. The van der Waals surface area contributed by atoms with E-state index in [9.17, 15) is 14.7 Å². The third kappa shape index (κ3) is 3.69. The van der Waals surface area contributed by atoms with E-state index in [1.165, 1.54) is 19.3 Å². The number of anilines is 2. The zero-order valence-corrected chi connectivity index (χ0v) is 15.5. The number of carbonyl (C=O) groups excluding carboxylic acids is 1. The number of ether oxygens (including phenoxy) is 1. The van der Waals surface area contributed by atoms with Crippen LogP contribution in [0.4, 0.5) is 17.3 Å². The summed E-state index contributed by atoms with van der Waals surface area (Å²) >= 11 is 0. The minimum atomic E-state index is -0.472. The molecule has 27 heavy (non-hydrogen) atoms. The van der Waals surface area contributed by atoms with Crippen molar-refractivity contribution < 1.29 is 14.6 Å². The summed E-state index contributed by atoms with van der Waals surface area (Å²) in [5.41, 5.74) is -0.107. The van der Waals surface area contributed by atoms with Gasteiger partial charge in [-0.25, -0.2) is 4.99 Å². The Morgan fingerprint density at radius 2 is 2.19 bits per heavy atom. The molecule has 0 bridgehead atoms. The molecule has 9 nitrogen and oxygen atoms in total. The number of aliphatic hydroxyl groups is 1. The summed E-state index contributed by atoms with van der Waals surface area (Å²) in [5.74, 6) is 0.661. The maximum absolute atomic E-state index is 12.1. The van der Waals surface area contributed by atoms with E-state index in [4.69, 9.17) is 4.74 Å². The predicted octanol–water partition coefficient (Wildman–Crippen LogP) is 2.14. The van der Waals surface area contributed by atoms with Gasteiger partial charge >= 0.3 is 0 Å². The molecule has 2 aromatic rings. The molecule has 0 spiro atoms. The van der Waals surface area contributed by atoms with Crippen molar-refractivity contribution in [3.63, 3.8) is 0 Å². The Morgan fingerprint density at radius 1 is 1.41 bits per heavy atom. The van der Waals surface area contributed by atoms with E-state index in [-0.39, 0.29) is 24.8 Å². The van der Waals surface area contributed by atoms with Gasteiger partial charge in [-0.15, -0.1) is 0 Å². The van der Waals surface area contributed by atoms with E-state index in [0.717, 1.165) is 0 Å². The largest absolute Gasteiger partial charge is 0.394 e. The Bertz CT molecular complexity index is 949. The maximum Gasteiger partial charge on any atom is 0.273 e. The summed E-state index contributed by atoms with van der Waals surface area (Å²) < 4.78 is 7.89. The summed E-state index contributed by atoms with van der Waals surface area (Å²) in [6.07, 6.45) is 3.92. The molecular formula is C18H23N5O4. The lowest BCUT2D eigenvalue weighted by Gasteiger charge is -2.24. The van der Waals surface area contributed by atoms with Crippen LogP contribution in [0.5, 0.6) is 0 Å². The smallest absolute Gasteiger partial charge is 0.273 e. The number of nitrogens with zero attached hydrogens (tertiary/aromatic N) is 3. The molecule has 1 aliphatic heterocycles. The second-order valence-electron chi connectivity index (χ2n) is 6.30. The first-order valence-electron chi connectivity index (χ1n) is 8.91. The summed E-state index contributed by atoms with van der Waals surface area (Å²) in [6.45, 7) is 5.22. The summed E-state index contributed by atoms with van der Waals surface area (Å²) in [6, 6.07) is 1.29. The van der Waals surface area contributed by atoms with Crippen molar-refractivity contribution in [2.75, 3.05) is 17.2 Å². The summed E-state index contributed by atoms with van der Waals surface area (Å²) in [5, 5.41) is 16.3. The van der Waals surface area contributed by atoms with E-state index < -0.39 is 5.56 Å². The number of rotatable bonds is 7. The molecule has 1 amide bonds. The Hall–Kier alpha value is -2.78. The quantitative estimate of drug-likeness (QED) is 0.684. The van der Waals surface area contributed by atoms with Gasteiger partial charge in [0.05, 0.1) is 30.1 Å². The van der Waals surface area contributed by atoms with E-state index in [2.05, 4.69) is 20.6 Å². The average Bonchev–Trinajstić information content (AvgIpc) is 2.96. The lowest BCUT2D eigenvalue weighted by Crippen LogP contribution is -2.23. The van der Waals surface area contributed by atoms with Crippen LogP contribution < -0.4 is 16.2 Å². The molecule has 3 heterocycles. The van der Waals surface area contributed by atoms with Gasteiger partial charge in [0.1, 0.15) is 17.9 Å². The van der Waals surface area contributed by atoms with E-state index in [1.807, 2.05) is 18.4 Å². The van der Waals surface area contributed by atoms with Crippen LogP contribution >= 0.6 is 0 Å². The van der Waals surface area contributed by atoms with Gasteiger partial charge < -0.3 is 25.0 Å². The van der Waals surface area contributed by atoms with Crippen LogP contribution in [0.1, 0.15) is 39.8 Å². The van der Waals surface area contributed by atoms with Crippen molar-refractivity contribution in [1.29, 1.82) is 0 Å². The Labute approximate surface area is 156 Å². The van der Waals surface area contributed by atoms with Gasteiger partial charge in [-0.2, -0.15) is 4.98 Å². The molecule has 1 aliphatic rings. The van der Waals surface area contributed by atoms with Crippen molar-refractivity contribution in [2.24, 2.45) is 4.99 Å². The lowest BCUT2D eigenvalue weighted by molar-refractivity contribution is -0.114. The minimum absolute atomic E-state index is 0.0770. The topological polar surface area (TPSA) is 118 Å². The van der Waals surface area contributed by atoms with Crippen LogP contribution in [0.2, 0.25) is 0 Å². The van der Waals surface area contributed by atoms with Gasteiger partial charge in [0, 0.05) is 24.6 Å². The molecule has 3 N–H and O–H groups in total. The van der Waals surface area contributed by atoms with Crippen LogP contribution in [0.3, 0.4) is 0 Å². The fraction of sp³-hybridized carbons (Fsp3) is 0.444. The zero-order chi connectivity index (χ0) is 19.6. The van der Waals surface area contributed by atoms with Crippen LogP contribution in [-0.2, 0) is 9.53 Å². The summed E-state index contributed by atoms with van der Waals surface area (Å²) in [4.78, 5) is 32.1. The Balaban J connectivity index is 2.23. The number of nitrogens with one attached hydrogen (secondary N) is 2. The molecule has 9 heteroatoms. The van der Waals surface area contributed by atoms with Gasteiger partial charge in [0.15, 0.2) is 0 Å². The van der Waals surface area contributed by atoms with E-state index in [1.54, 1.807) is 6.20 Å². The van der Waals surface area contributed by atoms with E-state index >= 15 is 0 Å². The Morgan fingerprint density at radius 3 is 2.81 bits per heavy atom. The molecule has 2 aromatic heterocycles. The minimum Gasteiger partial charge on any atom is -0.394 e. The fourth-order valence-electron chi connectivity index (χ4n) is 3.10. The molecular weight excluding hydrogens is 350 g/mol. The molecule has 3 rings (SSSR count). The third-order valence-electron chi connectivity index (χ3n) is 4.39. The van der Waals surface area contributed by atoms with Gasteiger partial charge in [-0.05, 0) is 12.8 Å². The molecule has 0 aromatic carbocycles. The number of hydrogen-bond donors (Lipinski definition) is 3. The van der Waals surface area contributed by atoms with Gasteiger partial charge in [-0.3, -0.25) is 9.59 Å². The van der Waals surface area contributed by atoms with Crippen molar-refractivity contribution in [2.45, 2.75) is 45.9 Å². The second-order valence-corrected chi connectivity index (χ2v) is 6.30. The highest BCUT2D eigenvalue weighted by Crippen LogP contribution is 2.40. The fourth-order valence-corrected chi connectivity index (χ4v) is 3.10. The number of aliphatic hydroxyl groups excluding tert-OH is 1. The lowest BCUT2D eigenvalue weighted by atomic mass is 10.2. The molecule has 2 unspecified atom stereocenters.